The Bertz CT molecular complexity index is 447. The Morgan fingerprint density at radius 2 is 2.26 bits per heavy atom. The Morgan fingerprint density at radius 1 is 1.58 bits per heavy atom. The van der Waals surface area contributed by atoms with Gasteiger partial charge in [-0.2, -0.15) is 0 Å². The number of aliphatic carboxylic acids is 1. The highest BCUT2D eigenvalue weighted by Crippen LogP contribution is 2.13. The SMILES string of the molecule is CCC(C)C(NC(=O)c1csc(COC)n1)C(=O)O. The Morgan fingerprint density at radius 3 is 2.79 bits per heavy atom. The summed E-state index contributed by atoms with van der Waals surface area (Å²) in [6.45, 7) is 4.01. The molecule has 0 saturated heterocycles. The number of carbonyl (C=O) groups is 2. The van der Waals surface area contributed by atoms with Crippen LogP contribution in [-0.2, 0) is 16.1 Å². The first-order valence-corrected chi connectivity index (χ1v) is 6.84. The zero-order chi connectivity index (χ0) is 14.4. The molecule has 2 unspecified atom stereocenters. The molecule has 0 aromatic carbocycles. The molecule has 1 amide bonds. The van der Waals surface area contributed by atoms with Crippen LogP contribution in [0.2, 0.25) is 0 Å². The third-order valence-corrected chi connectivity index (χ3v) is 3.64. The summed E-state index contributed by atoms with van der Waals surface area (Å²) in [4.78, 5) is 27.1. The van der Waals surface area contributed by atoms with E-state index in [-0.39, 0.29) is 11.6 Å². The molecule has 0 fully saturated rings. The van der Waals surface area contributed by atoms with E-state index in [0.717, 1.165) is 0 Å². The minimum Gasteiger partial charge on any atom is -0.480 e. The topological polar surface area (TPSA) is 88.5 Å². The van der Waals surface area contributed by atoms with Crippen molar-refractivity contribution in [2.75, 3.05) is 7.11 Å². The molecule has 0 aliphatic rings. The first-order chi connectivity index (χ1) is 8.99. The van der Waals surface area contributed by atoms with Crippen LogP contribution in [0.15, 0.2) is 5.38 Å². The van der Waals surface area contributed by atoms with Gasteiger partial charge >= 0.3 is 5.97 Å². The van der Waals surface area contributed by atoms with Crippen LogP contribution >= 0.6 is 11.3 Å². The van der Waals surface area contributed by atoms with Gasteiger partial charge in [0.1, 0.15) is 16.7 Å². The lowest BCUT2D eigenvalue weighted by molar-refractivity contribution is -0.140. The van der Waals surface area contributed by atoms with Crippen molar-refractivity contribution in [3.8, 4) is 0 Å². The molecular formula is C12H18N2O4S. The fraction of sp³-hybridized carbons (Fsp3) is 0.583. The fourth-order valence-electron chi connectivity index (χ4n) is 1.50. The lowest BCUT2D eigenvalue weighted by Crippen LogP contribution is -2.45. The van der Waals surface area contributed by atoms with Gasteiger partial charge in [-0.1, -0.05) is 20.3 Å². The number of ether oxygens (including phenoxy) is 1. The number of hydrogen-bond acceptors (Lipinski definition) is 5. The van der Waals surface area contributed by atoms with Crippen molar-refractivity contribution < 1.29 is 19.4 Å². The third kappa shape index (κ3) is 4.29. The number of methoxy groups -OCH3 is 1. The lowest BCUT2D eigenvalue weighted by Gasteiger charge is -2.19. The Kier molecular flexibility index (Phi) is 5.91. The van der Waals surface area contributed by atoms with E-state index in [0.29, 0.717) is 18.0 Å². The summed E-state index contributed by atoms with van der Waals surface area (Å²) in [5.41, 5.74) is 0.228. The van der Waals surface area contributed by atoms with E-state index in [4.69, 9.17) is 9.84 Å². The maximum Gasteiger partial charge on any atom is 0.326 e. The number of aromatic nitrogens is 1. The van der Waals surface area contributed by atoms with Gasteiger partial charge < -0.3 is 15.2 Å². The fourth-order valence-corrected chi connectivity index (χ4v) is 2.25. The number of amides is 1. The van der Waals surface area contributed by atoms with Crippen molar-refractivity contribution in [2.24, 2.45) is 5.92 Å². The van der Waals surface area contributed by atoms with E-state index >= 15 is 0 Å². The number of carboxylic acids is 1. The summed E-state index contributed by atoms with van der Waals surface area (Å²) in [5.74, 6) is -1.64. The van der Waals surface area contributed by atoms with E-state index < -0.39 is 17.9 Å². The average molecular weight is 286 g/mol. The van der Waals surface area contributed by atoms with Crippen LogP contribution in [0.4, 0.5) is 0 Å². The highest BCUT2D eigenvalue weighted by Gasteiger charge is 2.26. The quantitative estimate of drug-likeness (QED) is 0.793. The number of thiazole rings is 1. The van der Waals surface area contributed by atoms with Gasteiger partial charge in [0.2, 0.25) is 0 Å². The van der Waals surface area contributed by atoms with Crippen molar-refractivity contribution in [3.63, 3.8) is 0 Å². The van der Waals surface area contributed by atoms with Gasteiger partial charge in [0.25, 0.3) is 5.91 Å². The van der Waals surface area contributed by atoms with Gasteiger partial charge in [0.05, 0.1) is 6.61 Å². The number of nitrogens with zero attached hydrogens (tertiary/aromatic N) is 1. The normalized spacial score (nSPS) is 13.8. The highest BCUT2D eigenvalue weighted by molar-refractivity contribution is 7.09. The van der Waals surface area contributed by atoms with E-state index in [2.05, 4.69) is 10.3 Å². The first kappa shape index (κ1) is 15.6. The van der Waals surface area contributed by atoms with Crippen molar-refractivity contribution >= 4 is 23.2 Å². The van der Waals surface area contributed by atoms with Gasteiger partial charge in [0.15, 0.2) is 0 Å². The van der Waals surface area contributed by atoms with Gasteiger partial charge in [-0.25, -0.2) is 9.78 Å². The number of hydrogen-bond donors (Lipinski definition) is 2. The zero-order valence-corrected chi connectivity index (χ0v) is 12.0. The van der Waals surface area contributed by atoms with Crippen LogP contribution in [0.25, 0.3) is 0 Å². The summed E-state index contributed by atoms with van der Waals surface area (Å²) < 4.78 is 4.92. The summed E-state index contributed by atoms with van der Waals surface area (Å²) >= 11 is 1.31. The molecule has 1 heterocycles. The molecule has 2 atom stereocenters. The van der Waals surface area contributed by atoms with Gasteiger partial charge in [-0.15, -0.1) is 11.3 Å². The van der Waals surface area contributed by atoms with Gasteiger partial charge in [0, 0.05) is 12.5 Å². The molecule has 1 aromatic heterocycles. The monoisotopic (exact) mass is 286 g/mol. The molecule has 6 nitrogen and oxygen atoms in total. The maximum atomic E-state index is 11.9. The molecule has 0 saturated carbocycles. The predicted molar refractivity (Wildman–Crippen MR) is 71.2 cm³/mol. The van der Waals surface area contributed by atoms with Crippen LogP contribution < -0.4 is 5.32 Å². The van der Waals surface area contributed by atoms with Gasteiger partial charge in [-0.3, -0.25) is 4.79 Å². The highest BCUT2D eigenvalue weighted by atomic mass is 32.1. The third-order valence-electron chi connectivity index (χ3n) is 2.82. The van der Waals surface area contributed by atoms with E-state index in [1.54, 1.807) is 19.4 Å². The molecule has 1 rings (SSSR count). The molecule has 0 bridgehead atoms. The average Bonchev–Trinajstić information content (AvgIpc) is 2.83. The second-order valence-electron chi connectivity index (χ2n) is 4.23. The first-order valence-electron chi connectivity index (χ1n) is 5.96. The summed E-state index contributed by atoms with van der Waals surface area (Å²) in [7, 11) is 1.55. The molecule has 106 valence electrons. The van der Waals surface area contributed by atoms with E-state index in [1.165, 1.54) is 11.3 Å². The van der Waals surface area contributed by atoms with E-state index in [9.17, 15) is 9.59 Å². The smallest absolute Gasteiger partial charge is 0.326 e. The maximum absolute atomic E-state index is 11.9. The van der Waals surface area contributed by atoms with Crippen LogP contribution in [0.3, 0.4) is 0 Å². The molecular weight excluding hydrogens is 268 g/mol. The lowest BCUT2D eigenvalue weighted by atomic mass is 9.99. The molecule has 7 heteroatoms. The van der Waals surface area contributed by atoms with Crippen LogP contribution in [0.1, 0.15) is 35.8 Å². The number of rotatable bonds is 7. The number of carboxylic acid groups (broad SMARTS) is 1. The predicted octanol–water partition coefficient (Wildman–Crippen LogP) is 1.52. The molecule has 0 radical (unpaired) electrons. The van der Waals surface area contributed by atoms with Crippen molar-refractivity contribution in [1.82, 2.24) is 10.3 Å². The minimum absolute atomic E-state index is 0.140. The number of nitrogens with one attached hydrogen (secondary N) is 1. The molecule has 0 aliphatic heterocycles. The second kappa shape index (κ2) is 7.20. The molecule has 19 heavy (non-hydrogen) atoms. The van der Waals surface area contributed by atoms with E-state index in [1.807, 2.05) is 6.92 Å². The standard InChI is InChI=1S/C12H18N2O4S/c1-4-7(2)10(12(16)17)14-11(15)8-6-19-9(13-8)5-18-3/h6-7,10H,4-5H2,1-3H3,(H,14,15)(H,16,17). The van der Waals surface area contributed by atoms with Gasteiger partial charge in [-0.05, 0) is 5.92 Å². The molecule has 0 spiro atoms. The Balaban J connectivity index is 2.73. The molecule has 0 aliphatic carbocycles. The van der Waals surface area contributed by atoms with Crippen LogP contribution in [0, 0.1) is 5.92 Å². The van der Waals surface area contributed by atoms with Crippen LogP contribution in [-0.4, -0.2) is 35.1 Å². The summed E-state index contributed by atoms with van der Waals surface area (Å²) in [6, 6.07) is -0.898. The summed E-state index contributed by atoms with van der Waals surface area (Å²) in [5, 5.41) is 13.9. The zero-order valence-electron chi connectivity index (χ0n) is 11.2. The van der Waals surface area contributed by atoms with Crippen molar-refractivity contribution in [1.29, 1.82) is 0 Å². The second-order valence-corrected chi connectivity index (χ2v) is 5.18. The van der Waals surface area contributed by atoms with Crippen molar-refractivity contribution in [3.05, 3.63) is 16.1 Å². The molecule has 1 aromatic rings. The largest absolute Gasteiger partial charge is 0.480 e. The number of carbonyl (C=O) groups excluding carboxylic acids is 1. The molecule has 2 N–H and O–H groups in total. The minimum atomic E-state index is -1.03. The Hall–Kier alpha value is -1.47. The Labute approximate surface area is 115 Å². The van der Waals surface area contributed by atoms with Crippen molar-refractivity contribution in [2.45, 2.75) is 32.9 Å². The van der Waals surface area contributed by atoms with Crippen LogP contribution in [0.5, 0.6) is 0 Å². The summed E-state index contributed by atoms with van der Waals surface area (Å²) in [6.07, 6.45) is 0.670.